The molecule has 0 aliphatic carbocycles. The summed E-state index contributed by atoms with van der Waals surface area (Å²) in [6, 6.07) is 0. The van der Waals surface area contributed by atoms with Crippen LogP contribution >= 0.6 is 7.82 Å². The number of hydrogen-bond donors (Lipinski definition) is 0. The molecule has 0 N–H and O–H groups in total. The number of phosphoric acid groups is 1. The second kappa shape index (κ2) is 37.1. The third-order valence-corrected chi connectivity index (χ3v) is 9.74. The minimum Gasteiger partial charge on any atom is -0.756 e. The van der Waals surface area contributed by atoms with E-state index in [1.165, 1.54) is 128 Å². The predicted molar refractivity (Wildman–Crippen MR) is 222 cm³/mol. The van der Waals surface area contributed by atoms with E-state index in [0.29, 0.717) is 17.6 Å². The van der Waals surface area contributed by atoms with Crippen LogP contribution in [0.25, 0.3) is 0 Å². The molecule has 0 spiro atoms. The van der Waals surface area contributed by atoms with Crippen molar-refractivity contribution >= 4 is 13.8 Å². The van der Waals surface area contributed by atoms with Gasteiger partial charge in [-0.1, -0.05) is 191 Å². The Bertz CT molecular complexity index is 1030. The molecule has 0 aromatic rings. The number of carbonyl (C=O) groups is 1. The van der Waals surface area contributed by atoms with Gasteiger partial charge in [-0.2, -0.15) is 0 Å². The van der Waals surface area contributed by atoms with E-state index in [0.717, 1.165) is 19.3 Å². The zero-order valence-electron chi connectivity index (χ0n) is 34.7. The summed E-state index contributed by atoms with van der Waals surface area (Å²) in [6.07, 6.45) is 45.9. The van der Waals surface area contributed by atoms with Crippen LogP contribution in [0.15, 0.2) is 60.8 Å². The predicted octanol–water partition coefficient (Wildman–Crippen LogP) is 11.5. The Morgan fingerprint density at radius 2 is 1.04 bits per heavy atom. The summed E-state index contributed by atoms with van der Waals surface area (Å²) < 4.78 is 34.2. The van der Waals surface area contributed by atoms with E-state index < -0.39 is 19.9 Å². The second-order valence-corrected chi connectivity index (χ2v) is 16.6. The lowest BCUT2D eigenvalue weighted by Crippen LogP contribution is -2.37. The fourth-order valence-electron chi connectivity index (χ4n) is 5.48. The zero-order valence-corrected chi connectivity index (χ0v) is 35.6. The summed E-state index contributed by atoms with van der Waals surface area (Å²) in [6.45, 7) is 5.18. The van der Waals surface area contributed by atoms with Crippen LogP contribution in [-0.2, 0) is 27.9 Å². The maximum absolute atomic E-state index is 12.5. The highest BCUT2D eigenvalue weighted by Crippen LogP contribution is 2.38. The van der Waals surface area contributed by atoms with E-state index in [9.17, 15) is 14.3 Å². The van der Waals surface area contributed by atoms with Gasteiger partial charge in [-0.3, -0.25) is 4.57 Å². The van der Waals surface area contributed by atoms with Crippen LogP contribution in [-0.4, -0.2) is 70.7 Å². The van der Waals surface area contributed by atoms with Gasteiger partial charge in [-0.05, 0) is 19.3 Å². The molecule has 2 atom stereocenters. The molecule has 0 rings (SSSR count). The van der Waals surface area contributed by atoms with Gasteiger partial charge in [0, 0.05) is 12.7 Å². The quantitative estimate of drug-likeness (QED) is 0.0154. The average molecular weight is 766 g/mol. The van der Waals surface area contributed by atoms with Gasteiger partial charge < -0.3 is 27.9 Å². The molecule has 0 aromatic carbocycles. The fraction of sp³-hybridized carbons (Fsp3) is 0.750. The van der Waals surface area contributed by atoms with Gasteiger partial charge in [0.05, 0.1) is 34.4 Å². The first-order valence-electron chi connectivity index (χ1n) is 21.1. The lowest BCUT2D eigenvalue weighted by molar-refractivity contribution is -0.870. The summed E-state index contributed by atoms with van der Waals surface area (Å²) >= 11 is 0. The van der Waals surface area contributed by atoms with E-state index in [-0.39, 0.29) is 19.8 Å². The molecule has 53 heavy (non-hydrogen) atoms. The third kappa shape index (κ3) is 41.2. The van der Waals surface area contributed by atoms with Crippen LogP contribution in [0.3, 0.4) is 0 Å². The molecule has 0 aliphatic rings. The Morgan fingerprint density at radius 3 is 1.55 bits per heavy atom. The molecular formula is C44H80NO7P. The maximum Gasteiger partial charge on any atom is 0.331 e. The number of allylic oxidation sites excluding steroid dienone is 9. The minimum absolute atomic E-state index is 0.000321. The molecule has 0 amide bonds. The van der Waals surface area contributed by atoms with Crippen molar-refractivity contribution in [1.82, 2.24) is 0 Å². The summed E-state index contributed by atoms with van der Waals surface area (Å²) in [4.78, 5) is 24.9. The lowest BCUT2D eigenvalue weighted by Gasteiger charge is -2.28. The highest BCUT2D eigenvalue weighted by Gasteiger charge is 2.19. The van der Waals surface area contributed by atoms with Crippen LogP contribution in [0, 0.1) is 0 Å². The number of quaternary nitrogens is 1. The molecule has 0 radical (unpaired) electrons. The van der Waals surface area contributed by atoms with Crippen molar-refractivity contribution in [3.63, 3.8) is 0 Å². The van der Waals surface area contributed by atoms with E-state index in [2.05, 4.69) is 26.0 Å². The number of rotatable bonds is 38. The molecule has 0 heterocycles. The van der Waals surface area contributed by atoms with Gasteiger partial charge in [0.1, 0.15) is 19.3 Å². The fourth-order valence-corrected chi connectivity index (χ4v) is 6.21. The van der Waals surface area contributed by atoms with Crippen molar-refractivity contribution in [1.29, 1.82) is 0 Å². The first kappa shape index (κ1) is 51.2. The Morgan fingerprint density at radius 1 is 0.585 bits per heavy atom. The van der Waals surface area contributed by atoms with E-state index in [4.69, 9.17) is 18.5 Å². The Hall–Kier alpha value is -1.80. The lowest BCUT2D eigenvalue weighted by atomic mass is 10.0. The number of phosphoric ester groups is 1. The van der Waals surface area contributed by atoms with Gasteiger partial charge in [0.15, 0.2) is 0 Å². The summed E-state index contributed by atoms with van der Waals surface area (Å²) in [5, 5.41) is 0. The van der Waals surface area contributed by atoms with E-state index in [1.807, 2.05) is 51.5 Å². The largest absolute Gasteiger partial charge is 0.756 e. The van der Waals surface area contributed by atoms with Gasteiger partial charge in [-0.15, -0.1) is 0 Å². The van der Waals surface area contributed by atoms with Gasteiger partial charge in [0.25, 0.3) is 7.82 Å². The molecule has 1 unspecified atom stereocenters. The van der Waals surface area contributed by atoms with E-state index >= 15 is 0 Å². The normalized spacial score (nSPS) is 14.5. The molecule has 0 saturated carbocycles. The molecule has 8 nitrogen and oxygen atoms in total. The molecule has 0 aromatic heterocycles. The smallest absolute Gasteiger partial charge is 0.331 e. The Labute approximate surface area is 326 Å². The summed E-state index contributed by atoms with van der Waals surface area (Å²) in [7, 11) is 1.27. The molecule has 0 bridgehead atoms. The van der Waals surface area contributed by atoms with Crippen LogP contribution in [0.5, 0.6) is 0 Å². The first-order chi connectivity index (χ1) is 25.6. The van der Waals surface area contributed by atoms with Crippen LogP contribution in [0.4, 0.5) is 0 Å². The minimum atomic E-state index is -4.56. The zero-order chi connectivity index (χ0) is 39.1. The standard InChI is InChI=1S/C44H80NO7P/c1-6-8-10-12-14-16-18-20-22-23-24-25-27-29-31-33-35-37-44(46)52-43(42-51-53(47,48)50-40-38-45(3,4)5)41-49-39-36-34-32-30-28-26-21-19-17-15-13-11-9-7-2/h22-25,27,29,31,33,35,37,43H,6-21,26,28,30,32,34,36,38-42H2,1-5H3/b23-22-,25-24-,29-27-,33-31-,37-35+/t43-/m1/s1. The van der Waals surface area contributed by atoms with Crippen LogP contribution in [0.1, 0.15) is 155 Å². The van der Waals surface area contributed by atoms with Crippen molar-refractivity contribution in [3.8, 4) is 0 Å². The second-order valence-electron chi connectivity index (χ2n) is 15.2. The Balaban J connectivity index is 4.49. The van der Waals surface area contributed by atoms with Crippen molar-refractivity contribution in [3.05, 3.63) is 60.8 Å². The maximum atomic E-state index is 12.5. The Kier molecular flexibility index (Phi) is 35.9. The number of carbonyl (C=O) groups excluding carboxylic acids is 1. The summed E-state index contributed by atoms with van der Waals surface area (Å²) in [5.74, 6) is -0.606. The number of hydrogen-bond acceptors (Lipinski definition) is 7. The third-order valence-electron chi connectivity index (χ3n) is 8.78. The SMILES string of the molecule is CCCCCCCCC\C=C/C=C\C=C/C=C\C=C\C(=O)O[C@H](COCCCCCCCCCCCCCCCC)COP(=O)([O-])OCC[N+](C)(C)C. The van der Waals surface area contributed by atoms with Crippen molar-refractivity contribution < 1.29 is 37.3 Å². The molecule has 0 fully saturated rings. The van der Waals surface area contributed by atoms with E-state index in [1.54, 1.807) is 12.2 Å². The number of esters is 1. The monoisotopic (exact) mass is 766 g/mol. The van der Waals surface area contributed by atoms with Gasteiger partial charge >= 0.3 is 5.97 Å². The van der Waals surface area contributed by atoms with Gasteiger partial charge in [-0.25, -0.2) is 4.79 Å². The molecule has 9 heteroatoms. The van der Waals surface area contributed by atoms with Crippen molar-refractivity contribution in [2.75, 3.05) is 54.1 Å². The van der Waals surface area contributed by atoms with Gasteiger partial charge in [0.2, 0.25) is 0 Å². The molecule has 0 saturated heterocycles. The number of nitrogens with zero attached hydrogens (tertiary/aromatic N) is 1. The topological polar surface area (TPSA) is 94.1 Å². The highest BCUT2D eigenvalue weighted by molar-refractivity contribution is 7.45. The van der Waals surface area contributed by atoms with Crippen molar-refractivity contribution in [2.45, 2.75) is 161 Å². The molecule has 308 valence electrons. The molecule has 0 aliphatic heterocycles. The number of ether oxygens (including phenoxy) is 2. The average Bonchev–Trinajstić information content (AvgIpc) is 3.11. The van der Waals surface area contributed by atoms with Crippen molar-refractivity contribution in [2.24, 2.45) is 0 Å². The van der Waals surface area contributed by atoms with Crippen LogP contribution < -0.4 is 4.89 Å². The number of unbranched alkanes of at least 4 members (excludes halogenated alkanes) is 20. The highest BCUT2D eigenvalue weighted by atomic mass is 31.2. The number of likely N-dealkylation sites (N-methyl/N-ethyl adjacent to an activating group) is 1. The first-order valence-corrected chi connectivity index (χ1v) is 22.6. The summed E-state index contributed by atoms with van der Waals surface area (Å²) in [5.41, 5.74) is 0. The van der Waals surface area contributed by atoms with Crippen LogP contribution in [0.2, 0.25) is 0 Å². The molecular weight excluding hydrogens is 685 g/mol.